The summed E-state index contributed by atoms with van der Waals surface area (Å²) in [6.45, 7) is 3.59. The van der Waals surface area contributed by atoms with Gasteiger partial charge < -0.3 is 10.5 Å². The van der Waals surface area contributed by atoms with Crippen LogP contribution in [-0.2, 0) is 0 Å². The van der Waals surface area contributed by atoms with Gasteiger partial charge >= 0.3 is 0 Å². The molecular formula is C14H16N4O2. The number of methoxy groups -OCH3 is 1. The number of hydrogen-bond acceptors (Lipinski definition) is 5. The van der Waals surface area contributed by atoms with Crippen LogP contribution in [0, 0.1) is 13.8 Å². The maximum absolute atomic E-state index is 12.2. The van der Waals surface area contributed by atoms with Gasteiger partial charge in [-0.25, -0.2) is 4.98 Å². The Labute approximate surface area is 117 Å². The first-order valence-corrected chi connectivity index (χ1v) is 6.07. The van der Waals surface area contributed by atoms with Crippen LogP contribution in [0.25, 0.3) is 0 Å². The maximum Gasteiger partial charge on any atom is 0.258 e. The Morgan fingerprint density at radius 3 is 2.75 bits per heavy atom. The Balaban J connectivity index is 2.28. The predicted octanol–water partition coefficient (Wildman–Crippen LogP) is 1.94. The van der Waals surface area contributed by atoms with Crippen molar-refractivity contribution in [2.75, 3.05) is 18.2 Å². The minimum Gasteiger partial charge on any atom is -0.481 e. The number of benzene rings is 1. The van der Waals surface area contributed by atoms with Gasteiger partial charge in [-0.15, -0.1) is 0 Å². The van der Waals surface area contributed by atoms with E-state index in [2.05, 4.69) is 15.3 Å². The normalized spacial score (nSPS) is 10.2. The summed E-state index contributed by atoms with van der Waals surface area (Å²) >= 11 is 0. The average molecular weight is 272 g/mol. The number of hydrogen-bond donors (Lipinski definition) is 2. The zero-order chi connectivity index (χ0) is 14.7. The zero-order valence-electron chi connectivity index (χ0n) is 11.6. The van der Waals surface area contributed by atoms with Gasteiger partial charge in [-0.2, -0.15) is 4.98 Å². The number of ether oxygens (including phenoxy) is 1. The summed E-state index contributed by atoms with van der Waals surface area (Å²) in [5.41, 5.74) is 8.29. The first kappa shape index (κ1) is 13.8. The number of carbonyl (C=O) groups excluding carboxylic acids is 1. The third-order valence-electron chi connectivity index (χ3n) is 2.89. The van der Waals surface area contributed by atoms with Crippen molar-refractivity contribution in [1.82, 2.24) is 9.97 Å². The third kappa shape index (κ3) is 2.85. The van der Waals surface area contributed by atoms with E-state index < -0.39 is 0 Å². The molecule has 0 unspecified atom stereocenters. The summed E-state index contributed by atoms with van der Waals surface area (Å²) in [6, 6.07) is 6.86. The third-order valence-corrected chi connectivity index (χ3v) is 2.89. The lowest BCUT2D eigenvalue weighted by Gasteiger charge is -2.09. The number of amides is 1. The minimum absolute atomic E-state index is 0.202. The molecule has 2 rings (SSSR count). The van der Waals surface area contributed by atoms with Crippen LogP contribution in [0.3, 0.4) is 0 Å². The lowest BCUT2D eigenvalue weighted by molar-refractivity contribution is 0.102. The lowest BCUT2D eigenvalue weighted by Crippen LogP contribution is -2.16. The highest BCUT2D eigenvalue weighted by molar-refractivity contribution is 6.05. The van der Waals surface area contributed by atoms with Crippen molar-refractivity contribution >= 4 is 17.5 Å². The number of aryl methyl sites for hydroxylation is 1. The van der Waals surface area contributed by atoms with E-state index in [1.54, 1.807) is 38.1 Å². The van der Waals surface area contributed by atoms with Gasteiger partial charge in [0.2, 0.25) is 11.8 Å². The zero-order valence-corrected chi connectivity index (χ0v) is 11.6. The van der Waals surface area contributed by atoms with Crippen LogP contribution in [0.4, 0.5) is 11.6 Å². The molecule has 2 aromatic rings. The molecule has 0 fully saturated rings. The Morgan fingerprint density at radius 1 is 1.30 bits per heavy atom. The van der Waals surface area contributed by atoms with Gasteiger partial charge in [0.25, 0.3) is 5.91 Å². The second-order valence-corrected chi connectivity index (χ2v) is 4.35. The fraction of sp³-hybridized carbons (Fsp3) is 0.214. The smallest absolute Gasteiger partial charge is 0.258 e. The first-order valence-electron chi connectivity index (χ1n) is 6.07. The standard InChI is InChI=1S/C14H16N4O2/c1-8-7-12(20-3)17-14(16-8)18-13(19)10-5-4-6-11(15)9(10)2/h4-7H,15H2,1-3H3,(H,16,17,18,19). The van der Waals surface area contributed by atoms with Crippen LogP contribution in [0.1, 0.15) is 21.6 Å². The van der Waals surface area contributed by atoms with Crippen molar-refractivity contribution in [2.45, 2.75) is 13.8 Å². The molecular weight excluding hydrogens is 256 g/mol. The monoisotopic (exact) mass is 272 g/mol. The summed E-state index contributed by atoms with van der Waals surface area (Å²) in [5, 5.41) is 2.65. The molecule has 20 heavy (non-hydrogen) atoms. The van der Waals surface area contributed by atoms with Gasteiger partial charge in [-0.3, -0.25) is 10.1 Å². The number of nitrogens with one attached hydrogen (secondary N) is 1. The Bertz CT molecular complexity index is 656. The topological polar surface area (TPSA) is 90.1 Å². The summed E-state index contributed by atoms with van der Waals surface area (Å²) in [7, 11) is 1.51. The Morgan fingerprint density at radius 2 is 2.05 bits per heavy atom. The molecule has 0 aliphatic heterocycles. The molecule has 0 aliphatic rings. The number of nitrogens with zero attached hydrogens (tertiary/aromatic N) is 2. The molecule has 0 bridgehead atoms. The van der Waals surface area contributed by atoms with Crippen LogP contribution in [-0.4, -0.2) is 23.0 Å². The highest BCUT2D eigenvalue weighted by atomic mass is 16.5. The predicted molar refractivity (Wildman–Crippen MR) is 76.9 cm³/mol. The molecule has 104 valence electrons. The quantitative estimate of drug-likeness (QED) is 0.833. The molecule has 6 heteroatoms. The van der Waals surface area contributed by atoms with Crippen LogP contribution >= 0.6 is 0 Å². The number of aromatic nitrogens is 2. The van der Waals surface area contributed by atoms with Gasteiger partial charge in [0.1, 0.15) is 0 Å². The molecule has 1 aromatic heterocycles. The first-order chi connectivity index (χ1) is 9.51. The molecule has 0 spiro atoms. The van der Waals surface area contributed by atoms with Crippen molar-refractivity contribution in [3.8, 4) is 5.88 Å². The number of nitrogens with two attached hydrogens (primary N) is 1. The van der Waals surface area contributed by atoms with E-state index in [-0.39, 0.29) is 11.9 Å². The lowest BCUT2D eigenvalue weighted by atomic mass is 10.1. The molecule has 1 amide bonds. The summed E-state index contributed by atoms with van der Waals surface area (Å²) in [5.74, 6) is 0.299. The van der Waals surface area contributed by atoms with Crippen molar-refractivity contribution in [1.29, 1.82) is 0 Å². The average Bonchev–Trinajstić information content (AvgIpc) is 2.41. The molecule has 0 radical (unpaired) electrons. The fourth-order valence-electron chi connectivity index (χ4n) is 1.77. The van der Waals surface area contributed by atoms with E-state index >= 15 is 0 Å². The molecule has 0 aliphatic carbocycles. The second-order valence-electron chi connectivity index (χ2n) is 4.35. The number of rotatable bonds is 3. The van der Waals surface area contributed by atoms with Crippen LogP contribution in [0.15, 0.2) is 24.3 Å². The highest BCUT2D eigenvalue weighted by Crippen LogP contribution is 2.17. The van der Waals surface area contributed by atoms with Gasteiger partial charge in [-0.1, -0.05) is 6.07 Å². The van der Waals surface area contributed by atoms with Crippen molar-refractivity contribution in [3.05, 3.63) is 41.1 Å². The van der Waals surface area contributed by atoms with Gasteiger partial charge in [0.05, 0.1) is 7.11 Å². The number of carbonyl (C=O) groups is 1. The highest BCUT2D eigenvalue weighted by Gasteiger charge is 2.13. The number of anilines is 2. The molecule has 0 atom stereocenters. The fourth-order valence-corrected chi connectivity index (χ4v) is 1.77. The number of nitrogen functional groups attached to an aromatic ring is 1. The van der Waals surface area contributed by atoms with E-state index in [1.807, 2.05) is 0 Å². The van der Waals surface area contributed by atoms with Crippen molar-refractivity contribution in [3.63, 3.8) is 0 Å². The van der Waals surface area contributed by atoms with Crippen LogP contribution in [0.5, 0.6) is 5.88 Å². The second kappa shape index (κ2) is 5.56. The van der Waals surface area contributed by atoms with Gasteiger partial charge in [-0.05, 0) is 31.5 Å². The van der Waals surface area contributed by atoms with Crippen LogP contribution < -0.4 is 15.8 Å². The largest absolute Gasteiger partial charge is 0.481 e. The minimum atomic E-state index is -0.303. The Hall–Kier alpha value is -2.63. The summed E-state index contributed by atoms with van der Waals surface area (Å²) in [6.07, 6.45) is 0. The molecule has 0 saturated heterocycles. The van der Waals surface area contributed by atoms with Crippen molar-refractivity contribution < 1.29 is 9.53 Å². The maximum atomic E-state index is 12.2. The molecule has 6 nitrogen and oxygen atoms in total. The van der Waals surface area contributed by atoms with Gasteiger partial charge in [0, 0.05) is 23.0 Å². The Kier molecular flexibility index (Phi) is 3.84. The molecule has 3 N–H and O–H groups in total. The molecule has 1 heterocycles. The molecule has 0 saturated carbocycles. The van der Waals surface area contributed by atoms with E-state index in [4.69, 9.17) is 10.5 Å². The van der Waals surface area contributed by atoms with Gasteiger partial charge in [0.15, 0.2) is 0 Å². The SMILES string of the molecule is COc1cc(C)nc(NC(=O)c2cccc(N)c2C)n1. The summed E-state index contributed by atoms with van der Waals surface area (Å²) in [4.78, 5) is 20.4. The van der Waals surface area contributed by atoms with Crippen LogP contribution in [0.2, 0.25) is 0 Å². The van der Waals surface area contributed by atoms with Crippen molar-refractivity contribution in [2.24, 2.45) is 0 Å². The van der Waals surface area contributed by atoms with E-state index in [0.717, 1.165) is 5.56 Å². The van der Waals surface area contributed by atoms with E-state index in [9.17, 15) is 4.79 Å². The summed E-state index contributed by atoms with van der Waals surface area (Å²) < 4.78 is 5.04. The van der Waals surface area contributed by atoms with E-state index in [1.165, 1.54) is 7.11 Å². The molecule has 1 aromatic carbocycles. The van der Waals surface area contributed by atoms with E-state index in [0.29, 0.717) is 22.8 Å².